The molecular weight excluding hydrogens is 473 g/mol. The number of halogens is 2. The van der Waals surface area contributed by atoms with E-state index >= 15 is 0 Å². The SMILES string of the molecule is Cc1cccn2c(=O)c(/C=C(\C#N)c3nc4ccccc4[nH]3)c(Oc3ccc(Cl)cc3Cl)nc12. The number of aromatic amines is 1. The molecule has 34 heavy (non-hydrogen) atoms. The van der Waals surface area contributed by atoms with Crippen molar-refractivity contribution >= 4 is 51.5 Å². The van der Waals surface area contributed by atoms with Gasteiger partial charge in [0.2, 0.25) is 5.88 Å². The van der Waals surface area contributed by atoms with E-state index in [0.717, 1.165) is 11.1 Å². The third-order valence-corrected chi connectivity index (χ3v) is 5.73. The zero-order chi connectivity index (χ0) is 23.8. The number of hydrogen-bond donors (Lipinski definition) is 1. The van der Waals surface area contributed by atoms with E-state index in [1.165, 1.54) is 16.5 Å². The second kappa shape index (κ2) is 8.67. The molecule has 0 atom stereocenters. The van der Waals surface area contributed by atoms with Crippen LogP contribution in [0.4, 0.5) is 0 Å². The maximum atomic E-state index is 13.5. The standard InChI is InChI=1S/C25H15Cl2N5O2/c1-14-5-4-10-32-23(14)31-24(34-21-9-8-16(26)12-18(21)27)17(25(32)33)11-15(13-28)22-29-19-6-2-3-7-20(19)30-22/h2-12H,1H3,(H,29,30)/b15-11+. The van der Waals surface area contributed by atoms with E-state index < -0.39 is 5.56 Å². The molecule has 0 aliphatic heterocycles. The van der Waals surface area contributed by atoms with Crippen molar-refractivity contribution in [1.82, 2.24) is 19.4 Å². The average Bonchev–Trinajstić information content (AvgIpc) is 3.25. The van der Waals surface area contributed by atoms with Gasteiger partial charge in [0.15, 0.2) is 0 Å². The molecule has 0 spiro atoms. The molecule has 7 nitrogen and oxygen atoms in total. The fourth-order valence-corrected chi connectivity index (χ4v) is 3.98. The molecule has 0 saturated heterocycles. The van der Waals surface area contributed by atoms with Gasteiger partial charge in [0.05, 0.1) is 21.6 Å². The van der Waals surface area contributed by atoms with Crippen LogP contribution >= 0.6 is 23.2 Å². The molecule has 0 unspecified atom stereocenters. The van der Waals surface area contributed by atoms with Crippen LogP contribution < -0.4 is 10.3 Å². The lowest BCUT2D eigenvalue weighted by Crippen LogP contribution is -2.19. The van der Waals surface area contributed by atoms with Gasteiger partial charge in [-0.15, -0.1) is 0 Å². The molecule has 0 fully saturated rings. The van der Waals surface area contributed by atoms with Gasteiger partial charge in [0.25, 0.3) is 5.56 Å². The van der Waals surface area contributed by atoms with E-state index in [2.05, 4.69) is 21.0 Å². The number of aromatic nitrogens is 4. The summed E-state index contributed by atoms with van der Waals surface area (Å²) in [6.07, 6.45) is 3.03. The molecule has 1 N–H and O–H groups in total. The third kappa shape index (κ3) is 3.90. The number of aryl methyl sites for hydroxylation is 1. The fraction of sp³-hybridized carbons (Fsp3) is 0.0400. The Hall–Kier alpha value is -4.12. The van der Waals surface area contributed by atoms with Crippen LogP contribution in [0.5, 0.6) is 11.6 Å². The Balaban J connectivity index is 1.74. The number of allylic oxidation sites excluding steroid dienone is 1. The maximum Gasteiger partial charge on any atom is 0.269 e. The topological polar surface area (TPSA) is 96.1 Å². The molecule has 3 aromatic heterocycles. The number of imidazole rings is 1. The second-order valence-electron chi connectivity index (χ2n) is 7.47. The third-order valence-electron chi connectivity index (χ3n) is 5.20. The van der Waals surface area contributed by atoms with Crippen LogP contribution in [0.1, 0.15) is 17.0 Å². The van der Waals surface area contributed by atoms with Gasteiger partial charge >= 0.3 is 0 Å². The number of pyridine rings is 1. The highest BCUT2D eigenvalue weighted by Gasteiger charge is 2.18. The molecule has 0 amide bonds. The first-order chi connectivity index (χ1) is 16.4. The molecule has 0 aliphatic carbocycles. The summed E-state index contributed by atoms with van der Waals surface area (Å²) in [5.74, 6) is 0.605. The van der Waals surface area contributed by atoms with Gasteiger partial charge < -0.3 is 9.72 Å². The van der Waals surface area contributed by atoms with Gasteiger partial charge in [-0.3, -0.25) is 9.20 Å². The molecule has 0 bridgehead atoms. The van der Waals surface area contributed by atoms with E-state index in [-0.39, 0.29) is 27.8 Å². The quantitative estimate of drug-likeness (QED) is 0.311. The Morgan fingerprint density at radius 3 is 2.74 bits per heavy atom. The van der Waals surface area contributed by atoms with Gasteiger partial charge in [-0.2, -0.15) is 10.2 Å². The van der Waals surface area contributed by atoms with Crippen molar-refractivity contribution in [3.05, 3.63) is 98.1 Å². The highest BCUT2D eigenvalue weighted by molar-refractivity contribution is 6.35. The van der Waals surface area contributed by atoms with Crippen molar-refractivity contribution in [3.63, 3.8) is 0 Å². The number of rotatable bonds is 4. The molecule has 9 heteroatoms. The van der Waals surface area contributed by atoms with E-state index in [0.29, 0.717) is 22.0 Å². The lowest BCUT2D eigenvalue weighted by Gasteiger charge is -2.12. The minimum Gasteiger partial charge on any atom is -0.437 e. The predicted octanol–water partition coefficient (Wildman–Crippen LogP) is 6.04. The van der Waals surface area contributed by atoms with Crippen molar-refractivity contribution in [2.24, 2.45) is 0 Å². The van der Waals surface area contributed by atoms with Crippen LogP contribution in [0.3, 0.4) is 0 Å². The molecule has 5 aromatic rings. The molecule has 166 valence electrons. The number of H-pyrrole nitrogens is 1. The minimum atomic E-state index is -0.405. The number of hydrogen-bond acceptors (Lipinski definition) is 5. The second-order valence-corrected chi connectivity index (χ2v) is 8.31. The van der Waals surface area contributed by atoms with Gasteiger partial charge in [-0.25, -0.2) is 4.98 Å². The van der Waals surface area contributed by atoms with Crippen LogP contribution in [0, 0.1) is 18.3 Å². The number of nitrogens with zero attached hydrogens (tertiary/aromatic N) is 4. The summed E-state index contributed by atoms with van der Waals surface area (Å²) in [5, 5.41) is 10.6. The lowest BCUT2D eigenvalue weighted by atomic mass is 10.1. The summed E-state index contributed by atoms with van der Waals surface area (Å²) in [6, 6.07) is 17.8. The zero-order valence-corrected chi connectivity index (χ0v) is 19.2. The molecule has 0 aliphatic rings. The Bertz CT molecular complexity index is 1680. The summed E-state index contributed by atoms with van der Waals surface area (Å²) in [5.41, 5.74) is 2.49. The Morgan fingerprint density at radius 1 is 1.15 bits per heavy atom. The van der Waals surface area contributed by atoms with Crippen molar-refractivity contribution in [1.29, 1.82) is 5.26 Å². The van der Waals surface area contributed by atoms with Crippen LogP contribution in [0.15, 0.2) is 65.6 Å². The number of nitrogens with one attached hydrogen (secondary N) is 1. The number of ether oxygens (including phenoxy) is 1. The van der Waals surface area contributed by atoms with E-state index in [1.54, 1.807) is 24.4 Å². The molecule has 3 heterocycles. The molecule has 5 rings (SSSR count). The normalized spacial score (nSPS) is 11.6. The summed E-state index contributed by atoms with van der Waals surface area (Å²) < 4.78 is 7.39. The van der Waals surface area contributed by atoms with Gasteiger partial charge in [-0.05, 0) is 55.0 Å². The van der Waals surface area contributed by atoms with E-state index in [9.17, 15) is 10.1 Å². The van der Waals surface area contributed by atoms with Crippen LogP contribution in [-0.2, 0) is 0 Å². The van der Waals surface area contributed by atoms with Crippen LogP contribution in [-0.4, -0.2) is 19.4 Å². The average molecular weight is 488 g/mol. The number of nitriles is 1. The first-order valence-electron chi connectivity index (χ1n) is 10.2. The van der Waals surface area contributed by atoms with Gasteiger partial charge in [-0.1, -0.05) is 41.4 Å². The maximum absolute atomic E-state index is 13.5. The summed E-state index contributed by atoms with van der Waals surface area (Å²) in [6.45, 7) is 1.84. The predicted molar refractivity (Wildman–Crippen MR) is 132 cm³/mol. The smallest absolute Gasteiger partial charge is 0.269 e. The monoisotopic (exact) mass is 487 g/mol. The highest BCUT2D eigenvalue weighted by atomic mass is 35.5. The van der Waals surface area contributed by atoms with E-state index in [4.69, 9.17) is 27.9 Å². The Kier molecular flexibility index (Phi) is 5.54. The van der Waals surface area contributed by atoms with E-state index in [1.807, 2.05) is 37.3 Å². The van der Waals surface area contributed by atoms with Crippen molar-refractivity contribution in [3.8, 4) is 17.7 Å². The van der Waals surface area contributed by atoms with Crippen molar-refractivity contribution < 1.29 is 4.74 Å². The lowest BCUT2D eigenvalue weighted by molar-refractivity contribution is 0.461. The van der Waals surface area contributed by atoms with Crippen molar-refractivity contribution in [2.75, 3.05) is 0 Å². The van der Waals surface area contributed by atoms with Crippen molar-refractivity contribution in [2.45, 2.75) is 6.92 Å². The zero-order valence-electron chi connectivity index (χ0n) is 17.7. The fourth-order valence-electron chi connectivity index (χ4n) is 3.53. The van der Waals surface area contributed by atoms with Gasteiger partial charge in [0.1, 0.15) is 28.9 Å². The molecular formula is C25H15Cl2N5O2. The minimum absolute atomic E-state index is 0.00684. The molecule has 0 saturated carbocycles. The van der Waals surface area contributed by atoms with Gasteiger partial charge in [0, 0.05) is 11.2 Å². The number of para-hydroxylation sites is 2. The molecule has 0 radical (unpaired) electrons. The van der Waals surface area contributed by atoms with Crippen LogP contribution in [0.2, 0.25) is 10.0 Å². The molecule has 2 aromatic carbocycles. The summed E-state index contributed by atoms with van der Waals surface area (Å²) in [7, 11) is 0. The number of benzene rings is 2. The largest absolute Gasteiger partial charge is 0.437 e. The highest BCUT2D eigenvalue weighted by Crippen LogP contribution is 2.33. The Labute approximate surface area is 203 Å². The Morgan fingerprint density at radius 2 is 1.97 bits per heavy atom. The first-order valence-corrected chi connectivity index (χ1v) is 10.9. The first kappa shape index (κ1) is 21.7. The van der Waals surface area contributed by atoms with Crippen LogP contribution in [0.25, 0.3) is 28.3 Å². The summed E-state index contributed by atoms with van der Waals surface area (Å²) >= 11 is 12.3. The number of fused-ring (bicyclic) bond motifs is 2. The summed E-state index contributed by atoms with van der Waals surface area (Å²) in [4.78, 5) is 25.7.